The van der Waals surface area contributed by atoms with Crippen LogP contribution in [0.1, 0.15) is 0 Å². The molecule has 0 radical (unpaired) electrons. The second kappa shape index (κ2) is 2.57. The maximum absolute atomic E-state index is 12.6. The van der Waals surface area contributed by atoms with Gasteiger partial charge in [0.15, 0.2) is 5.15 Å². The summed E-state index contributed by atoms with van der Waals surface area (Å²) in [6.07, 6.45) is 1.18. The van der Waals surface area contributed by atoms with Crippen LogP contribution in [0.3, 0.4) is 0 Å². The Morgan fingerprint density at radius 2 is 2.17 bits per heavy atom. The average Bonchev–Trinajstić information content (AvgIpc) is 2.29. The number of rotatable bonds is 0. The summed E-state index contributed by atoms with van der Waals surface area (Å²) in [5, 5.41) is 3.83. The first-order valence-corrected chi connectivity index (χ1v) is 3.79. The second-order valence-corrected chi connectivity index (χ2v) is 2.86. The lowest BCUT2D eigenvalue weighted by atomic mass is 10.5. The fourth-order valence-electron chi connectivity index (χ4n) is 0.907. The van der Waals surface area contributed by atoms with Gasteiger partial charge in [-0.3, -0.25) is 0 Å². The van der Waals surface area contributed by atoms with E-state index in [1.807, 2.05) is 0 Å². The van der Waals surface area contributed by atoms with E-state index in [0.29, 0.717) is 5.52 Å². The van der Waals surface area contributed by atoms with E-state index in [0.717, 1.165) is 0 Å². The van der Waals surface area contributed by atoms with Crippen LogP contribution in [0.25, 0.3) is 5.52 Å². The first-order valence-electron chi connectivity index (χ1n) is 3.04. The van der Waals surface area contributed by atoms with Gasteiger partial charge in [0.2, 0.25) is 5.28 Å². The Hall–Kier alpha value is -0.870. The van der Waals surface area contributed by atoms with E-state index in [1.165, 1.54) is 16.8 Å². The van der Waals surface area contributed by atoms with Crippen LogP contribution in [-0.2, 0) is 0 Å². The standard InChI is InChI=1S/C6H2Cl2FN3/c7-5-4-1-3(9)2-12(4)11-6(8)10-5/h1-2H. The van der Waals surface area contributed by atoms with Gasteiger partial charge in [0, 0.05) is 6.07 Å². The minimum atomic E-state index is -0.423. The van der Waals surface area contributed by atoms with Crippen LogP contribution in [0.4, 0.5) is 4.39 Å². The van der Waals surface area contributed by atoms with Crippen LogP contribution in [0.2, 0.25) is 10.4 Å². The van der Waals surface area contributed by atoms with Crippen molar-refractivity contribution in [1.29, 1.82) is 0 Å². The van der Waals surface area contributed by atoms with E-state index < -0.39 is 5.82 Å². The predicted molar refractivity (Wildman–Crippen MR) is 43.0 cm³/mol. The fraction of sp³-hybridized carbons (Fsp3) is 0. The summed E-state index contributed by atoms with van der Waals surface area (Å²) >= 11 is 11.1. The summed E-state index contributed by atoms with van der Waals surface area (Å²) in [7, 11) is 0. The van der Waals surface area contributed by atoms with Gasteiger partial charge in [-0.15, -0.1) is 5.10 Å². The van der Waals surface area contributed by atoms with Gasteiger partial charge >= 0.3 is 0 Å². The molecule has 62 valence electrons. The van der Waals surface area contributed by atoms with E-state index >= 15 is 0 Å². The van der Waals surface area contributed by atoms with Gasteiger partial charge in [-0.2, -0.15) is 0 Å². The molecule has 0 aromatic carbocycles. The average molecular weight is 206 g/mol. The molecule has 0 fully saturated rings. The zero-order valence-electron chi connectivity index (χ0n) is 5.63. The molecule has 0 aliphatic rings. The van der Waals surface area contributed by atoms with Crippen molar-refractivity contribution in [3.05, 3.63) is 28.5 Å². The van der Waals surface area contributed by atoms with Crippen LogP contribution >= 0.6 is 23.2 Å². The molecule has 0 saturated carbocycles. The lowest BCUT2D eigenvalue weighted by Crippen LogP contribution is -1.93. The molecule has 0 amide bonds. The molecule has 2 rings (SSSR count). The van der Waals surface area contributed by atoms with Crippen LogP contribution in [0.5, 0.6) is 0 Å². The third kappa shape index (κ3) is 1.13. The van der Waals surface area contributed by atoms with Crippen LogP contribution < -0.4 is 0 Å². The number of aromatic nitrogens is 3. The molecule has 0 aliphatic heterocycles. The van der Waals surface area contributed by atoms with Crippen molar-refractivity contribution in [3.8, 4) is 0 Å². The minimum absolute atomic E-state index is 0.0110. The molecule has 0 bridgehead atoms. The summed E-state index contributed by atoms with van der Waals surface area (Å²) in [5.74, 6) is -0.423. The van der Waals surface area contributed by atoms with Crippen molar-refractivity contribution < 1.29 is 4.39 Å². The molecule has 6 heteroatoms. The Morgan fingerprint density at radius 1 is 1.42 bits per heavy atom. The van der Waals surface area contributed by atoms with E-state index in [4.69, 9.17) is 23.2 Å². The van der Waals surface area contributed by atoms with E-state index in [9.17, 15) is 4.39 Å². The Kier molecular flexibility index (Phi) is 1.66. The molecule has 0 aliphatic carbocycles. The van der Waals surface area contributed by atoms with Crippen molar-refractivity contribution in [3.63, 3.8) is 0 Å². The molecule has 0 spiro atoms. The van der Waals surface area contributed by atoms with Gasteiger partial charge in [0.05, 0.1) is 6.20 Å². The molecule has 0 saturated heterocycles. The van der Waals surface area contributed by atoms with Crippen molar-refractivity contribution in [2.24, 2.45) is 0 Å². The highest BCUT2D eigenvalue weighted by atomic mass is 35.5. The zero-order valence-corrected chi connectivity index (χ0v) is 7.14. The van der Waals surface area contributed by atoms with Crippen molar-refractivity contribution in [2.75, 3.05) is 0 Å². The van der Waals surface area contributed by atoms with E-state index in [1.54, 1.807) is 0 Å². The predicted octanol–water partition coefficient (Wildman–Crippen LogP) is 2.18. The number of hydrogen-bond acceptors (Lipinski definition) is 2. The van der Waals surface area contributed by atoms with Gasteiger partial charge in [0.1, 0.15) is 11.3 Å². The summed E-state index contributed by atoms with van der Waals surface area (Å²) in [5.41, 5.74) is 0.401. The first-order chi connectivity index (χ1) is 5.66. The Morgan fingerprint density at radius 3 is 2.92 bits per heavy atom. The van der Waals surface area contributed by atoms with E-state index in [2.05, 4.69) is 10.1 Å². The lowest BCUT2D eigenvalue weighted by Gasteiger charge is -1.94. The quantitative estimate of drug-likeness (QED) is 0.661. The van der Waals surface area contributed by atoms with Crippen molar-refractivity contribution in [1.82, 2.24) is 14.6 Å². The molecule has 2 heterocycles. The van der Waals surface area contributed by atoms with Gasteiger partial charge < -0.3 is 0 Å². The van der Waals surface area contributed by atoms with Gasteiger partial charge in [-0.25, -0.2) is 13.9 Å². The summed E-state index contributed by atoms with van der Waals surface area (Å²) in [6, 6.07) is 1.23. The molecule has 12 heavy (non-hydrogen) atoms. The highest BCUT2D eigenvalue weighted by Gasteiger charge is 2.06. The molecule has 0 atom stereocenters. The number of halogens is 3. The molecule has 2 aromatic rings. The smallest absolute Gasteiger partial charge is 0.232 e. The van der Waals surface area contributed by atoms with E-state index in [-0.39, 0.29) is 10.4 Å². The number of fused-ring (bicyclic) bond motifs is 1. The van der Waals surface area contributed by atoms with Crippen LogP contribution in [-0.4, -0.2) is 14.6 Å². The van der Waals surface area contributed by atoms with Crippen LogP contribution in [0, 0.1) is 5.82 Å². The maximum Gasteiger partial charge on any atom is 0.242 e. The van der Waals surface area contributed by atoms with Crippen LogP contribution in [0.15, 0.2) is 12.3 Å². The van der Waals surface area contributed by atoms with Gasteiger partial charge in [-0.1, -0.05) is 11.6 Å². The number of hydrogen-bond donors (Lipinski definition) is 0. The highest BCUT2D eigenvalue weighted by molar-refractivity contribution is 6.34. The first kappa shape index (κ1) is 7.76. The number of nitrogens with zero attached hydrogens (tertiary/aromatic N) is 3. The van der Waals surface area contributed by atoms with Gasteiger partial charge in [-0.05, 0) is 11.6 Å². The third-order valence-electron chi connectivity index (χ3n) is 1.36. The summed E-state index contributed by atoms with van der Waals surface area (Å²) in [6.45, 7) is 0. The summed E-state index contributed by atoms with van der Waals surface area (Å²) in [4.78, 5) is 3.65. The highest BCUT2D eigenvalue weighted by Crippen LogP contribution is 2.17. The largest absolute Gasteiger partial charge is 0.242 e. The van der Waals surface area contributed by atoms with Crippen molar-refractivity contribution >= 4 is 28.7 Å². The zero-order chi connectivity index (χ0) is 8.72. The Bertz CT molecular complexity index is 440. The molecular weight excluding hydrogens is 204 g/mol. The monoisotopic (exact) mass is 205 g/mol. The fourth-order valence-corrected chi connectivity index (χ4v) is 1.34. The molecule has 3 nitrogen and oxygen atoms in total. The Balaban J connectivity index is 2.88. The lowest BCUT2D eigenvalue weighted by molar-refractivity contribution is 0.625. The van der Waals surface area contributed by atoms with Gasteiger partial charge in [0.25, 0.3) is 0 Å². The molecular formula is C6H2Cl2FN3. The third-order valence-corrected chi connectivity index (χ3v) is 1.80. The maximum atomic E-state index is 12.6. The summed E-state index contributed by atoms with van der Waals surface area (Å²) < 4.78 is 13.9. The normalized spacial score (nSPS) is 10.9. The SMILES string of the molecule is Fc1cc2c(Cl)nc(Cl)nn2c1. The molecule has 0 unspecified atom stereocenters. The topological polar surface area (TPSA) is 30.2 Å². The molecule has 0 N–H and O–H groups in total. The second-order valence-electron chi connectivity index (χ2n) is 2.16. The molecule has 2 aromatic heterocycles. The Labute approximate surface area is 76.7 Å². The van der Waals surface area contributed by atoms with Crippen molar-refractivity contribution in [2.45, 2.75) is 0 Å². The minimum Gasteiger partial charge on any atom is -0.232 e.